The van der Waals surface area contributed by atoms with Crippen molar-refractivity contribution in [1.82, 2.24) is 0 Å². The van der Waals surface area contributed by atoms with Crippen molar-refractivity contribution in [1.29, 1.82) is 0 Å². The van der Waals surface area contributed by atoms with Gasteiger partial charge in [0.2, 0.25) is 0 Å². The zero-order valence-electron chi connectivity index (χ0n) is 9.90. The minimum atomic E-state index is -0.354. The summed E-state index contributed by atoms with van der Waals surface area (Å²) in [6.07, 6.45) is -0.0644. The fourth-order valence-electron chi connectivity index (χ4n) is 2.21. The van der Waals surface area contributed by atoms with E-state index < -0.39 is 0 Å². The molecule has 0 aliphatic carbocycles. The Hall–Kier alpha value is -1.51. The van der Waals surface area contributed by atoms with Gasteiger partial charge in [0.15, 0.2) is 5.78 Å². The molecule has 0 amide bonds. The van der Waals surface area contributed by atoms with Gasteiger partial charge in [-0.2, -0.15) is 0 Å². The molecule has 2 aromatic carbocycles. The first kappa shape index (κ1) is 12.5. The van der Waals surface area contributed by atoms with E-state index in [0.717, 1.165) is 5.56 Å². The van der Waals surface area contributed by atoms with Gasteiger partial charge >= 0.3 is 0 Å². The summed E-state index contributed by atoms with van der Waals surface area (Å²) >= 11 is 12.0. The molecule has 1 atom stereocenters. The lowest BCUT2D eigenvalue weighted by Gasteiger charge is -2.26. The zero-order chi connectivity index (χ0) is 13.4. The van der Waals surface area contributed by atoms with Crippen molar-refractivity contribution >= 4 is 29.0 Å². The van der Waals surface area contributed by atoms with Crippen molar-refractivity contribution in [3.8, 4) is 5.75 Å². The molecule has 96 valence electrons. The number of carbonyl (C=O) groups is 1. The molecule has 1 aliphatic rings. The van der Waals surface area contributed by atoms with Crippen LogP contribution in [0, 0.1) is 0 Å². The van der Waals surface area contributed by atoms with Gasteiger partial charge in [0.25, 0.3) is 0 Å². The summed E-state index contributed by atoms with van der Waals surface area (Å²) in [5.74, 6) is 0.674. The zero-order valence-corrected chi connectivity index (χ0v) is 11.4. The molecule has 0 radical (unpaired) electrons. The minimum absolute atomic E-state index is 0.0675. The molecule has 3 rings (SSSR count). The Bertz CT molecular complexity index is 652. The van der Waals surface area contributed by atoms with Gasteiger partial charge in [0.1, 0.15) is 11.9 Å². The summed E-state index contributed by atoms with van der Waals surface area (Å²) in [5, 5.41) is 1.08. The fraction of sp³-hybridized carbons (Fsp3) is 0.133. The lowest BCUT2D eigenvalue weighted by molar-refractivity contribution is 0.0850. The molecule has 0 saturated heterocycles. The van der Waals surface area contributed by atoms with Gasteiger partial charge in [-0.3, -0.25) is 4.79 Å². The number of benzene rings is 2. The number of carbonyl (C=O) groups excluding carboxylic acids is 1. The number of fused-ring (bicyclic) bond motifs is 1. The van der Waals surface area contributed by atoms with E-state index in [9.17, 15) is 4.79 Å². The van der Waals surface area contributed by atoms with E-state index in [1.165, 1.54) is 0 Å². The first-order valence-corrected chi connectivity index (χ1v) is 6.64. The first-order valence-electron chi connectivity index (χ1n) is 5.89. The second-order valence-corrected chi connectivity index (χ2v) is 5.24. The van der Waals surface area contributed by atoms with Crippen molar-refractivity contribution in [3.63, 3.8) is 0 Å². The molecular weight excluding hydrogens is 283 g/mol. The van der Waals surface area contributed by atoms with Crippen LogP contribution in [0.15, 0.2) is 42.5 Å². The molecule has 0 fully saturated rings. The number of halogens is 2. The topological polar surface area (TPSA) is 26.3 Å². The van der Waals surface area contributed by atoms with Crippen LogP contribution in [0.25, 0.3) is 0 Å². The summed E-state index contributed by atoms with van der Waals surface area (Å²) in [7, 11) is 0. The number of para-hydroxylation sites is 1. The monoisotopic (exact) mass is 292 g/mol. The lowest BCUT2D eigenvalue weighted by Crippen LogP contribution is -2.20. The minimum Gasteiger partial charge on any atom is -0.484 e. The summed E-state index contributed by atoms with van der Waals surface area (Å²) in [6, 6.07) is 12.5. The Kier molecular flexibility index (Phi) is 3.21. The fourth-order valence-corrected chi connectivity index (χ4v) is 2.74. The second-order valence-electron chi connectivity index (χ2n) is 4.40. The Morgan fingerprint density at radius 3 is 2.68 bits per heavy atom. The molecule has 0 bridgehead atoms. The first-order chi connectivity index (χ1) is 9.15. The van der Waals surface area contributed by atoms with Crippen molar-refractivity contribution in [2.75, 3.05) is 0 Å². The molecule has 2 nitrogen and oxygen atoms in total. The number of ether oxygens (including phenoxy) is 1. The molecule has 0 aromatic heterocycles. The quantitative estimate of drug-likeness (QED) is 0.761. The predicted molar refractivity (Wildman–Crippen MR) is 75.2 cm³/mol. The lowest BCUT2D eigenvalue weighted by atomic mass is 9.96. The molecule has 2 aromatic rings. The largest absolute Gasteiger partial charge is 0.484 e. The van der Waals surface area contributed by atoms with Crippen LogP contribution in [-0.4, -0.2) is 5.78 Å². The van der Waals surface area contributed by atoms with E-state index in [4.69, 9.17) is 27.9 Å². The maximum atomic E-state index is 12.1. The summed E-state index contributed by atoms with van der Waals surface area (Å²) in [4.78, 5) is 12.1. The van der Waals surface area contributed by atoms with Crippen molar-refractivity contribution < 1.29 is 9.53 Å². The van der Waals surface area contributed by atoms with E-state index >= 15 is 0 Å². The van der Waals surface area contributed by atoms with Gasteiger partial charge in [-0.15, -0.1) is 0 Å². The third kappa shape index (κ3) is 2.34. The van der Waals surface area contributed by atoms with Crippen molar-refractivity contribution in [2.45, 2.75) is 12.5 Å². The molecular formula is C15H10Cl2O2. The van der Waals surface area contributed by atoms with Crippen LogP contribution in [0.3, 0.4) is 0 Å². The Labute approximate surface area is 120 Å². The van der Waals surface area contributed by atoms with Crippen molar-refractivity contribution in [3.05, 3.63) is 63.6 Å². The number of hydrogen-bond donors (Lipinski definition) is 0. The predicted octanol–water partition coefficient (Wildman–Crippen LogP) is 4.70. The number of rotatable bonds is 1. The van der Waals surface area contributed by atoms with Crippen LogP contribution in [-0.2, 0) is 0 Å². The highest BCUT2D eigenvalue weighted by Gasteiger charge is 2.28. The van der Waals surface area contributed by atoms with E-state index in [1.807, 2.05) is 12.1 Å². The highest BCUT2D eigenvalue weighted by Crippen LogP contribution is 2.37. The molecule has 0 saturated carbocycles. The summed E-state index contributed by atoms with van der Waals surface area (Å²) in [6.45, 7) is 0. The van der Waals surface area contributed by atoms with E-state index in [-0.39, 0.29) is 11.9 Å². The number of Topliss-reactive ketones (excluding diaryl/α,β-unsaturated/α-hetero) is 1. The molecule has 4 heteroatoms. The number of ketones is 1. The molecule has 1 heterocycles. The van der Waals surface area contributed by atoms with Gasteiger partial charge in [0.05, 0.1) is 12.0 Å². The Balaban J connectivity index is 1.99. The van der Waals surface area contributed by atoms with Crippen LogP contribution in [0.2, 0.25) is 10.0 Å². The third-order valence-corrected chi connectivity index (χ3v) is 3.70. The Morgan fingerprint density at radius 1 is 1.11 bits per heavy atom. The van der Waals surface area contributed by atoms with Gasteiger partial charge in [-0.05, 0) is 24.3 Å². The summed E-state index contributed by atoms with van der Waals surface area (Å²) in [5.41, 5.74) is 1.41. The summed E-state index contributed by atoms with van der Waals surface area (Å²) < 4.78 is 5.86. The van der Waals surface area contributed by atoms with E-state index in [1.54, 1.807) is 30.3 Å². The molecule has 0 unspecified atom stereocenters. The van der Waals surface area contributed by atoms with Gasteiger partial charge in [0, 0.05) is 15.6 Å². The van der Waals surface area contributed by atoms with Crippen LogP contribution < -0.4 is 4.74 Å². The number of hydrogen-bond acceptors (Lipinski definition) is 2. The van der Waals surface area contributed by atoms with Crippen LogP contribution in [0.4, 0.5) is 0 Å². The highest BCUT2D eigenvalue weighted by molar-refractivity contribution is 6.35. The SMILES string of the molecule is O=C1C[C@@H](c2ccc(Cl)cc2Cl)Oc2ccccc21. The van der Waals surface area contributed by atoms with E-state index in [0.29, 0.717) is 27.8 Å². The molecule has 0 spiro atoms. The molecule has 0 N–H and O–H groups in total. The van der Waals surface area contributed by atoms with Crippen molar-refractivity contribution in [2.24, 2.45) is 0 Å². The van der Waals surface area contributed by atoms with Gasteiger partial charge in [-0.1, -0.05) is 41.4 Å². The van der Waals surface area contributed by atoms with E-state index in [2.05, 4.69) is 0 Å². The molecule has 19 heavy (non-hydrogen) atoms. The van der Waals surface area contributed by atoms with Crippen LogP contribution in [0.1, 0.15) is 28.4 Å². The Morgan fingerprint density at radius 2 is 1.89 bits per heavy atom. The molecule has 1 aliphatic heterocycles. The van der Waals surface area contributed by atoms with Gasteiger partial charge in [-0.25, -0.2) is 0 Å². The maximum Gasteiger partial charge on any atom is 0.170 e. The normalized spacial score (nSPS) is 17.8. The average Bonchev–Trinajstić information content (AvgIpc) is 2.38. The smallest absolute Gasteiger partial charge is 0.170 e. The van der Waals surface area contributed by atoms with Crippen LogP contribution >= 0.6 is 23.2 Å². The third-order valence-electron chi connectivity index (χ3n) is 3.14. The van der Waals surface area contributed by atoms with Gasteiger partial charge < -0.3 is 4.74 Å². The second kappa shape index (κ2) is 4.87. The average molecular weight is 293 g/mol. The highest BCUT2D eigenvalue weighted by atomic mass is 35.5. The van der Waals surface area contributed by atoms with Crippen LogP contribution in [0.5, 0.6) is 5.75 Å². The maximum absolute atomic E-state index is 12.1. The standard InChI is InChI=1S/C15H10Cl2O2/c16-9-5-6-10(12(17)7-9)15-8-13(18)11-3-1-2-4-14(11)19-15/h1-7,15H,8H2/t15-/m0/s1.